The highest BCUT2D eigenvalue weighted by Crippen LogP contribution is 2.28. The summed E-state index contributed by atoms with van der Waals surface area (Å²) in [7, 11) is 1.46. The third-order valence-electron chi connectivity index (χ3n) is 3.33. The third-order valence-corrected chi connectivity index (χ3v) is 3.33. The van der Waals surface area contributed by atoms with Crippen LogP contribution in [0.3, 0.4) is 0 Å². The van der Waals surface area contributed by atoms with E-state index < -0.39 is 12.1 Å². The van der Waals surface area contributed by atoms with Crippen molar-refractivity contribution in [2.45, 2.75) is 19.1 Å². The Morgan fingerprint density at radius 1 is 1.41 bits per heavy atom. The lowest BCUT2D eigenvalue weighted by Crippen LogP contribution is -2.53. The standard InChI is InChI=1S/C14H20N4O4/c1-8-12(16-5-6-22-8)13(19)17-9-3-4-10(18-14(15)20)11(7-9)21-2/h3-4,7-8,12,16H,5-6H2,1-2H3,(H,17,19)(H3,15,18,20)/t8-,12+/m1/s1. The van der Waals surface area contributed by atoms with Crippen LogP contribution in [0.2, 0.25) is 0 Å². The van der Waals surface area contributed by atoms with Gasteiger partial charge in [-0.05, 0) is 19.1 Å². The maximum atomic E-state index is 12.3. The van der Waals surface area contributed by atoms with Gasteiger partial charge < -0.3 is 31.2 Å². The fraction of sp³-hybridized carbons (Fsp3) is 0.429. The molecule has 1 aliphatic heterocycles. The number of ether oxygens (including phenoxy) is 2. The van der Waals surface area contributed by atoms with Crippen molar-refractivity contribution in [2.75, 3.05) is 30.9 Å². The molecular formula is C14H20N4O4. The molecule has 2 rings (SSSR count). The monoisotopic (exact) mass is 308 g/mol. The van der Waals surface area contributed by atoms with Gasteiger partial charge in [-0.15, -0.1) is 0 Å². The van der Waals surface area contributed by atoms with Crippen molar-refractivity contribution in [3.8, 4) is 5.75 Å². The first kappa shape index (κ1) is 16.1. The first-order chi connectivity index (χ1) is 10.5. The van der Waals surface area contributed by atoms with E-state index in [1.54, 1.807) is 18.2 Å². The van der Waals surface area contributed by atoms with Crippen molar-refractivity contribution in [3.05, 3.63) is 18.2 Å². The molecule has 0 aliphatic carbocycles. The molecule has 0 bridgehead atoms. The molecule has 120 valence electrons. The third kappa shape index (κ3) is 3.86. The average molecular weight is 308 g/mol. The number of carbonyl (C=O) groups excluding carboxylic acids is 2. The van der Waals surface area contributed by atoms with E-state index in [1.165, 1.54) is 7.11 Å². The molecule has 5 N–H and O–H groups in total. The number of morpholine rings is 1. The SMILES string of the molecule is COc1cc(NC(=O)[C@H]2NCCO[C@@H]2C)ccc1NC(N)=O. The Balaban J connectivity index is 2.09. The minimum absolute atomic E-state index is 0.190. The lowest BCUT2D eigenvalue weighted by molar-refractivity contribution is -0.123. The van der Waals surface area contributed by atoms with Gasteiger partial charge in [0.1, 0.15) is 11.8 Å². The number of anilines is 2. The van der Waals surface area contributed by atoms with E-state index in [-0.39, 0.29) is 12.0 Å². The summed E-state index contributed by atoms with van der Waals surface area (Å²) < 4.78 is 10.6. The summed E-state index contributed by atoms with van der Waals surface area (Å²) in [6.45, 7) is 3.07. The van der Waals surface area contributed by atoms with Crippen LogP contribution < -0.4 is 26.4 Å². The largest absolute Gasteiger partial charge is 0.494 e. The van der Waals surface area contributed by atoms with Crippen molar-refractivity contribution in [1.82, 2.24) is 5.32 Å². The lowest BCUT2D eigenvalue weighted by atomic mass is 10.1. The van der Waals surface area contributed by atoms with Gasteiger partial charge in [0.05, 0.1) is 25.5 Å². The molecule has 8 nitrogen and oxygen atoms in total. The second-order valence-electron chi connectivity index (χ2n) is 4.90. The summed E-state index contributed by atoms with van der Waals surface area (Å²) in [4.78, 5) is 23.2. The molecule has 0 aromatic heterocycles. The Kier molecular flexibility index (Phi) is 5.18. The van der Waals surface area contributed by atoms with Gasteiger partial charge in [0.2, 0.25) is 5.91 Å². The van der Waals surface area contributed by atoms with Gasteiger partial charge >= 0.3 is 6.03 Å². The second kappa shape index (κ2) is 7.10. The molecule has 8 heteroatoms. The number of nitrogens with two attached hydrogens (primary N) is 1. The van der Waals surface area contributed by atoms with Gasteiger partial charge in [-0.3, -0.25) is 4.79 Å². The fourth-order valence-electron chi connectivity index (χ4n) is 2.25. The predicted octanol–water partition coefficient (Wildman–Crippen LogP) is 0.501. The summed E-state index contributed by atoms with van der Waals surface area (Å²) >= 11 is 0. The maximum absolute atomic E-state index is 12.3. The van der Waals surface area contributed by atoms with E-state index in [2.05, 4.69) is 16.0 Å². The Morgan fingerprint density at radius 2 is 2.18 bits per heavy atom. The van der Waals surface area contributed by atoms with Crippen LogP contribution in [0.4, 0.5) is 16.2 Å². The Morgan fingerprint density at radius 3 is 2.82 bits per heavy atom. The van der Waals surface area contributed by atoms with E-state index >= 15 is 0 Å². The number of benzene rings is 1. The summed E-state index contributed by atoms with van der Waals surface area (Å²) in [6.07, 6.45) is -0.202. The number of primary amides is 1. The highest BCUT2D eigenvalue weighted by atomic mass is 16.5. The lowest BCUT2D eigenvalue weighted by Gasteiger charge is -2.29. The zero-order valence-corrected chi connectivity index (χ0v) is 12.5. The Bertz CT molecular complexity index is 564. The number of rotatable bonds is 4. The number of hydrogen-bond donors (Lipinski definition) is 4. The van der Waals surface area contributed by atoms with Gasteiger partial charge in [-0.2, -0.15) is 0 Å². The first-order valence-electron chi connectivity index (χ1n) is 6.91. The number of hydrogen-bond acceptors (Lipinski definition) is 5. The van der Waals surface area contributed by atoms with Crippen LogP contribution in [-0.2, 0) is 9.53 Å². The summed E-state index contributed by atoms with van der Waals surface area (Å²) in [5, 5.41) is 8.35. The van der Waals surface area contributed by atoms with Crippen LogP contribution >= 0.6 is 0 Å². The van der Waals surface area contributed by atoms with E-state index in [4.69, 9.17) is 15.2 Å². The Hall–Kier alpha value is -2.32. The number of amides is 3. The van der Waals surface area contributed by atoms with Gasteiger partial charge in [0.25, 0.3) is 0 Å². The van der Waals surface area contributed by atoms with Crippen LogP contribution in [0.15, 0.2) is 18.2 Å². The molecule has 1 saturated heterocycles. The van der Waals surface area contributed by atoms with Crippen LogP contribution in [0.25, 0.3) is 0 Å². The van der Waals surface area contributed by atoms with E-state index in [0.717, 1.165) is 0 Å². The summed E-state index contributed by atoms with van der Waals surface area (Å²) in [5.74, 6) is 0.211. The molecule has 22 heavy (non-hydrogen) atoms. The minimum Gasteiger partial charge on any atom is -0.494 e. The van der Waals surface area contributed by atoms with Crippen molar-refractivity contribution < 1.29 is 19.1 Å². The van der Waals surface area contributed by atoms with Crippen LogP contribution in [-0.4, -0.2) is 44.3 Å². The molecule has 0 spiro atoms. The quantitative estimate of drug-likeness (QED) is 0.646. The average Bonchev–Trinajstić information content (AvgIpc) is 2.48. The van der Waals surface area contributed by atoms with Crippen molar-refractivity contribution >= 4 is 23.3 Å². The molecule has 0 radical (unpaired) electrons. The summed E-state index contributed by atoms with van der Waals surface area (Å²) in [6, 6.07) is 3.76. The molecule has 0 saturated carbocycles. The summed E-state index contributed by atoms with van der Waals surface area (Å²) in [5.41, 5.74) is 6.07. The molecule has 1 aromatic carbocycles. The zero-order valence-electron chi connectivity index (χ0n) is 12.5. The molecule has 1 heterocycles. The van der Waals surface area contributed by atoms with Crippen molar-refractivity contribution in [2.24, 2.45) is 5.73 Å². The molecule has 1 aliphatic rings. The van der Waals surface area contributed by atoms with Crippen molar-refractivity contribution in [1.29, 1.82) is 0 Å². The predicted molar refractivity (Wildman–Crippen MR) is 82.0 cm³/mol. The van der Waals surface area contributed by atoms with Gasteiger partial charge in [0, 0.05) is 18.3 Å². The normalized spacial score (nSPS) is 21.0. The highest BCUT2D eigenvalue weighted by molar-refractivity contribution is 5.96. The molecule has 1 fully saturated rings. The topological polar surface area (TPSA) is 115 Å². The molecule has 1 aromatic rings. The molecule has 2 atom stereocenters. The smallest absolute Gasteiger partial charge is 0.316 e. The van der Waals surface area contributed by atoms with E-state index in [1.807, 2.05) is 6.92 Å². The minimum atomic E-state index is -0.688. The molecular weight excluding hydrogens is 288 g/mol. The Labute approximate surface area is 128 Å². The van der Waals surface area contributed by atoms with Crippen LogP contribution in [0, 0.1) is 0 Å². The number of urea groups is 1. The number of methoxy groups -OCH3 is 1. The van der Waals surface area contributed by atoms with E-state index in [0.29, 0.717) is 30.3 Å². The number of carbonyl (C=O) groups is 2. The van der Waals surface area contributed by atoms with Crippen LogP contribution in [0.1, 0.15) is 6.92 Å². The second-order valence-corrected chi connectivity index (χ2v) is 4.90. The maximum Gasteiger partial charge on any atom is 0.316 e. The van der Waals surface area contributed by atoms with Gasteiger partial charge in [0.15, 0.2) is 0 Å². The molecule has 3 amide bonds. The zero-order chi connectivity index (χ0) is 16.1. The highest BCUT2D eigenvalue weighted by Gasteiger charge is 2.28. The molecule has 0 unspecified atom stereocenters. The number of nitrogens with one attached hydrogen (secondary N) is 3. The van der Waals surface area contributed by atoms with Crippen LogP contribution in [0.5, 0.6) is 5.75 Å². The van der Waals surface area contributed by atoms with Gasteiger partial charge in [-0.1, -0.05) is 0 Å². The first-order valence-corrected chi connectivity index (χ1v) is 6.91. The van der Waals surface area contributed by atoms with Crippen molar-refractivity contribution in [3.63, 3.8) is 0 Å². The fourth-order valence-corrected chi connectivity index (χ4v) is 2.25. The van der Waals surface area contributed by atoms with E-state index in [9.17, 15) is 9.59 Å². The van der Waals surface area contributed by atoms with Gasteiger partial charge in [-0.25, -0.2) is 4.79 Å².